The van der Waals surface area contributed by atoms with Gasteiger partial charge >= 0.3 is 0 Å². The fourth-order valence-electron chi connectivity index (χ4n) is 1.99. The molecule has 104 valence electrons. The minimum atomic E-state index is -0.393. The minimum Gasteiger partial charge on any atom is -0.394 e. The van der Waals surface area contributed by atoms with Crippen LogP contribution in [0.3, 0.4) is 0 Å². The Morgan fingerprint density at radius 3 is 2.74 bits per heavy atom. The first kappa shape index (κ1) is 15.0. The Morgan fingerprint density at radius 2 is 2.16 bits per heavy atom. The second-order valence-electron chi connectivity index (χ2n) is 4.70. The molecular formula is C13H15Cl2NO2S. The molecule has 2 N–H and O–H groups in total. The predicted octanol–water partition coefficient (Wildman–Crippen LogP) is 3.12. The van der Waals surface area contributed by atoms with Crippen molar-refractivity contribution in [3.05, 3.63) is 28.2 Å². The summed E-state index contributed by atoms with van der Waals surface area (Å²) in [6.07, 6.45) is 2.74. The Bertz CT molecular complexity index is 472. The molecule has 19 heavy (non-hydrogen) atoms. The van der Waals surface area contributed by atoms with Gasteiger partial charge in [0.05, 0.1) is 22.9 Å². The topological polar surface area (TPSA) is 49.3 Å². The molecule has 1 aliphatic rings. The number of hydrogen-bond acceptors (Lipinski definition) is 3. The van der Waals surface area contributed by atoms with Crippen molar-refractivity contribution in [1.29, 1.82) is 0 Å². The standard InChI is InChI=1S/C13H15Cl2NO2S/c14-9-2-3-10(15)11(6-9)19-7-12(18)16-13(8-17)4-1-5-13/h2-3,6,17H,1,4-5,7-8H2,(H,16,18). The monoisotopic (exact) mass is 319 g/mol. The molecule has 1 aliphatic carbocycles. The Kier molecular flexibility index (Phi) is 5.01. The third kappa shape index (κ3) is 3.78. The van der Waals surface area contributed by atoms with Crippen molar-refractivity contribution < 1.29 is 9.90 Å². The van der Waals surface area contributed by atoms with Crippen molar-refractivity contribution in [3.8, 4) is 0 Å². The lowest BCUT2D eigenvalue weighted by molar-refractivity contribution is -0.122. The molecule has 1 fully saturated rings. The summed E-state index contributed by atoms with van der Waals surface area (Å²) in [5, 5.41) is 13.4. The van der Waals surface area contributed by atoms with Crippen LogP contribution in [0.15, 0.2) is 23.1 Å². The molecule has 1 amide bonds. The number of carbonyl (C=O) groups is 1. The number of hydrogen-bond donors (Lipinski definition) is 2. The quantitative estimate of drug-likeness (QED) is 0.820. The predicted molar refractivity (Wildman–Crippen MR) is 79.0 cm³/mol. The number of amides is 1. The lowest BCUT2D eigenvalue weighted by Gasteiger charge is -2.40. The summed E-state index contributed by atoms with van der Waals surface area (Å²) >= 11 is 13.3. The third-order valence-electron chi connectivity index (χ3n) is 3.27. The number of aliphatic hydroxyl groups excluding tert-OH is 1. The SMILES string of the molecule is O=C(CSc1cc(Cl)ccc1Cl)NC1(CO)CCC1. The number of benzene rings is 1. The van der Waals surface area contributed by atoms with Crippen molar-refractivity contribution in [2.45, 2.75) is 29.7 Å². The zero-order valence-electron chi connectivity index (χ0n) is 10.3. The lowest BCUT2D eigenvalue weighted by Crippen LogP contribution is -2.56. The van der Waals surface area contributed by atoms with E-state index in [0.29, 0.717) is 10.0 Å². The van der Waals surface area contributed by atoms with E-state index in [1.165, 1.54) is 11.8 Å². The zero-order chi connectivity index (χ0) is 13.9. The van der Waals surface area contributed by atoms with Crippen LogP contribution in [0.4, 0.5) is 0 Å². The van der Waals surface area contributed by atoms with Crippen molar-refractivity contribution in [1.82, 2.24) is 5.32 Å². The molecule has 0 atom stereocenters. The lowest BCUT2D eigenvalue weighted by atomic mass is 9.77. The summed E-state index contributed by atoms with van der Waals surface area (Å²) in [7, 11) is 0. The fourth-order valence-corrected chi connectivity index (χ4v) is 3.28. The van der Waals surface area contributed by atoms with Crippen LogP contribution in [0.2, 0.25) is 10.0 Å². The summed E-state index contributed by atoms with van der Waals surface area (Å²) in [5.41, 5.74) is -0.393. The molecule has 0 heterocycles. The van der Waals surface area contributed by atoms with Crippen LogP contribution in [0, 0.1) is 0 Å². The highest BCUT2D eigenvalue weighted by Gasteiger charge is 2.37. The number of carbonyl (C=O) groups excluding carboxylic acids is 1. The second kappa shape index (κ2) is 6.35. The highest BCUT2D eigenvalue weighted by molar-refractivity contribution is 8.00. The Morgan fingerprint density at radius 1 is 1.42 bits per heavy atom. The van der Waals surface area contributed by atoms with Gasteiger partial charge in [-0.25, -0.2) is 0 Å². The van der Waals surface area contributed by atoms with E-state index in [1.807, 2.05) is 0 Å². The van der Waals surface area contributed by atoms with Crippen LogP contribution < -0.4 is 5.32 Å². The van der Waals surface area contributed by atoms with Crippen molar-refractivity contribution in [2.24, 2.45) is 0 Å². The smallest absolute Gasteiger partial charge is 0.230 e. The number of halogens is 2. The maximum atomic E-state index is 11.9. The molecular weight excluding hydrogens is 305 g/mol. The van der Waals surface area contributed by atoms with Gasteiger partial charge in [0.2, 0.25) is 5.91 Å². The highest BCUT2D eigenvalue weighted by Crippen LogP contribution is 2.32. The average Bonchev–Trinajstić information content (AvgIpc) is 2.35. The molecule has 1 aromatic carbocycles. The summed E-state index contributed by atoms with van der Waals surface area (Å²) in [4.78, 5) is 12.6. The molecule has 0 aromatic heterocycles. The number of nitrogens with one attached hydrogen (secondary N) is 1. The first-order valence-corrected chi connectivity index (χ1v) is 7.78. The van der Waals surface area contributed by atoms with Gasteiger partial charge in [-0.15, -0.1) is 11.8 Å². The van der Waals surface area contributed by atoms with E-state index in [1.54, 1.807) is 18.2 Å². The van der Waals surface area contributed by atoms with Gasteiger partial charge in [0.1, 0.15) is 0 Å². The van der Waals surface area contributed by atoms with E-state index in [9.17, 15) is 9.90 Å². The van der Waals surface area contributed by atoms with Gasteiger partial charge in [0.25, 0.3) is 0 Å². The number of thioether (sulfide) groups is 1. The zero-order valence-corrected chi connectivity index (χ0v) is 12.6. The molecule has 0 aliphatic heterocycles. The molecule has 0 bridgehead atoms. The Hall–Kier alpha value is -0.420. The van der Waals surface area contributed by atoms with E-state index >= 15 is 0 Å². The van der Waals surface area contributed by atoms with E-state index in [2.05, 4.69) is 5.32 Å². The molecule has 0 spiro atoms. The van der Waals surface area contributed by atoms with Crippen LogP contribution in [0.25, 0.3) is 0 Å². The molecule has 0 radical (unpaired) electrons. The van der Waals surface area contributed by atoms with E-state index in [0.717, 1.165) is 24.2 Å². The molecule has 2 rings (SSSR count). The molecule has 0 unspecified atom stereocenters. The van der Waals surface area contributed by atoms with Crippen LogP contribution >= 0.6 is 35.0 Å². The maximum absolute atomic E-state index is 11.9. The van der Waals surface area contributed by atoms with Crippen molar-refractivity contribution in [2.75, 3.05) is 12.4 Å². The normalized spacial score (nSPS) is 16.8. The molecule has 3 nitrogen and oxygen atoms in total. The van der Waals surface area contributed by atoms with Gasteiger partial charge in [-0.1, -0.05) is 23.2 Å². The average molecular weight is 320 g/mol. The van der Waals surface area contributed by atoms with Gasteiger partial charge in [-0.05, 0) is 37.5 Å². The Labute approximate surface area is 126 Å². The van der Waals surface area contributed by atoms with Gasteiger partial charge in [-0.2, -0.15) is 0 Å². The number of aliphatic hydroxyl groups is 1. The largest absolute Gasteiger partial charge is 0.394 e. The second-order valence-corrected chi connectivity index (χ2v) is 6.56. The highest BCUT2D eigenvalue weighted by atomic mass is 35.5. The summed E-state index contributed by atoms with van der Waals surface area (Å²) in [6, 6.07) is 5.17. The van der Waals surface area contributed by atoms with Gasteiger partial charge < -0.3 is 10.4 Å². The van der Waals surface area contributed by atoms with E-state index in [-0.39, 0.29) is 18.3 Å². The Balaban J connectivity index is 1.88. The van der Waals surface area contributed by atoms with Gasteiger partial charge in [0.15, 0.2) is 0 Å². The third-order valence-corrected chi connectivity index (χ3v) is 5.00. The first-order valence-electron chi connectivity index (χ1n) is 6.04. The summed E-state index contributed by atoms with van der Waals surface area (Å²) in [6.45, 7) is 0.00132. The van der Waals surface area contributed by atoms with Crippen LogP contribution in [0.1, 0.15) is 19.3 Å². The molecule has 0 saturated heterocycles. The molecule has 6 heteroatoms. The summed E-state index contributed by atoms with van der Waals surface area (Å²) in [5.74, 6) is 0.178. The van der Waals surface area contributed by atoms with Crippen LogP contribution in [0.5, 0.6) is 0 Å². The van der Waals surface area contributed by atoms with E-state index in [4.69, 9.17) is 23.2 Å². The van der Waals surface area contributed by atoms with Crippen LogP contribution in [-0.2, 0) is 4.79 Å². The first-order chi connectivity index (χ1) is 9.04. The molecule has 1 aromatic rings. The fraction of sp³-hybridized carbons (Fsp3) is 0.462. The van der Waals surface area contributed by atoms with Gasteiger partial charge in [0, 0.05) is 9.92 Å². The van der Waals surface area contributed by atoms with E-state index < -0.39 is 5.54 Å². The van der Waals surface area contributed by atoms with Crippen LogP contribution in [-0.4, -0.2) is 28.9 Å². The summed E-state index contributed by atoms with van der Waals surface area (Å²) < 4.78 is 0. The number of rotatable bonds is 5. The van der Waals surface area contributed by atoms with Gasteiger partial charge in [-0.3, -0.25) is 4.79 Å². The minimum absolute atomic E-state index is 0.00132. The molecule has 1 saturated carbocycles. The van der Waals surface area contributed by atoms with Crippen molar-refractivity contribution in [3.63, 3.8) is 0 Å². The maximum Gasteiger partial charge on any atom is 0.230 e. The van der Waals surface area contributed by atoms with Crippen molar-refractivity contribution >= 4 is 40.9 Å².